The zero-order chi connectivity index (χ0) is 13.4. The van der Waals surface area contributed by atoms with Gasteiger partial charge in [-0.25, -0.2) is 4.79 Å². The molecule has 1 N–H and O–H groups in total. The fourth-order valence-electron chi connectivity index (χ4n) is 1.06. The first-order valence-electron chi connectivity index (χ1n) is 5.25. The Morgan fingerprint density at radius 2 is 1.62 bits per heavy atom. The molecule has 0 rings (SSSR count). The molecule has 0 saturated heterocycles. The lowest BCUT2D eigenvalue weighted by Gasteiger charge is -2.31. The third-order valence-electron chi connectivity index (χ3n) is 2.08. The second-order valence-corrected chi connectivity index (χ2v) is 3.49. The van der Waals surface area contributed by atoms with Gasteiger partial charge in [-0.1, -0.05) is 13.8 Å². The number of hydrogen-bond acceptors (Lipinski definition) is 4. The van der Waals surface area contributed by atoms with Crippen molar-refractivity contribution < 1.29 is 19.1 Å². The van der Waals surface area contributed by atoms with Crippen molar-refractivity contribution in [1.82, 2.24) is 5.32 Å². The van der Waals surface area contributed by atoms with E-state index in [-0.39, 0.29) is 5.78 Å². The Morgan fingerprint density at radius 3 is 1.88 bits per heavy atom. The molecule has 5 nitrogen and oxygen atoms in total. The van der Waals surface area contributed by atoms with Crippen molar-refractivity contribution in [2.24, 2.45) is 0 Å². The lowest BCUT2D eigenvalue weighted by Crippen LogP contribution is -2.54. The minimum absolute atomic E-state index is 0.178. The molecule has 0 radical (unpaired) electrons. The molecule has 0 aromatic rings. The summed E-state index contributed by atoms with van der Waals surface area (Å²) in [5, 5.41) is 2.42. The van der Waals surface area contributed by atoms with Crippen molar-refractivity contribution >= 4 is 11.9 Å². The van der Waals surface area contributed by atoms with E-state index < -0.39 is 17.7 Å². The van der Waals surface area contributed by atoms with E-state index in [2.05, 4.69) is 10.1 Å². The van der Waals surface area contributed by atoms with Crippen LogP contribution in [0.3, 0.4) is 0 Å². The van der Waals surface area contributed by atoms with E-state index in [1.165, 1.54) is 21.1 Å². The fraction of sp³-hybridized carbons (Fsp3) is 0.818. The van der Waals surface area contributed by atoms with Crippen molar-refractivity contribution in [2.45, 2.75) is 46.3 Å². The van der Waals surface area contributed by atoms with Crippen LogP contribution in [0.2, 0.25) is 0 Å². The second kappa shape index (κ2) is 8.10. The summed E-state index contributed by atoms with van der Waals surface area (Å²) in [4.78, 5) is 22.2. The first-order valence-corrected chi connectivity index (χ1v) is 5.25. The van der Waals surface area contributed by atoms with Crippen LogP contribution in [0, 0.1) is 0 Å². The zero-order valence-corrected chi connectivity index (χ0v) is 11.2. The molecule has 0 aromatic heterocycles. The van der Waals surface area contributed by atoms with E-state index in [9.17, 15) is 9.59 Å². The number of ketones is 1. The molecule has 0 spiro atoms. The number of hydrogen-bond donors (Lipinski definition) is 1. The molecular formula is C11H23NO4. The minimum atomic E-state index is -0.750. The van der Waals surface area contributed by atoms with Gasteiger partial charge in [0.2, 0.25) is 0 Å². The smallest absolute Gasteiger partial charge is 0.407 e. The first-order chi connectivity index (χ1) is 7.35. The molecule has 5 heteroatoms. The highest BCUT2D eigenvalue weighted by Gasteiger charge is 2.34. The van der Waals surface area contributed by atoms with Crippen LogP contribution in [0.1, 0.15) is 34.6 Å². The molecule has 16 heavy (non-hydrogen) atoms. The maximum Gasteiger partial charge on any atom is 0.407 e. The van der Waals surface area contributed by atoms with Crippen LogP contribution < -0.4 is 5.32 Å². The van der Waals surface area contributed by atoms with E-state index in [4.69, 9.17) is 4.74 Å². The Kier molecular flexibility index (Phi) is 8.76. The number of alkyl carbamates (subject to hydrolysis) is 1. The summed E-state index contributed by atoms with van der Waals surface area (Å²) in [5.74, 6) is -0.178. The summed E-state index contributed by atoms with van der Waals surface area (Å²) < 4.78 is 9.53. The number of carbonyl (C=O) groups excluding carboxylic acids is 2. The van der Waals surface area contributed by atoms with Gasteiger partial charge in [-0.3, -0.25) is 4.79 Å². The van der Waals surface area contributed by atoms with E-state index in [1.54, 1.807) is 13.8 Å². The number of ether oxygens (including phenoxy) is 2. The van der Waals surface area contributed by atoms with E-state index >= 15 is 0 Å². The lowest BCUT2D eigenvalue weighted by atomic mass is 9.95. The highest BCUT2D eigenvalue weighted by Crippen LogP contribution is 2.14. The van der Waals surface area contributed by atoms with Gasteiger partial charge >= 0.3 is 6.09 Å². The average Bonchev–Trinajstić information content (AvgIpc) is 2.27. The molecule has 0 bridgehead atoms. The van der Waals surface area contributed by atoms with Gasteiger partial charge in [0, 0.05) is 7.11 Å². The fourth-order valence-corrected chi connectivity index (χ4v) is 1.06. The van der Waals surface area contributed by atoms with Crippen LogP contribution in [-0.4, -0.2) is 37.7 Å². The summed E-state index contributed by atoms with van der Waals surface area (Å²) in [6.45, 7) is 8.82. The van der Waals surface area contributed by atoms with Crippen LogP contribution in [-0.2, 0) is 14.3 Å². The van der Waals surface area contributed by atoms with Gasteiger partial charge in [-0.15, -0.1) is 0 Å². The number of amides is 1. The predicted molar refractivity (Wildman–Crippen MR) is 62.4 cm³/mol. The lowest BCUT2D eigenvalue weighted by molar-refractivity contribution is -0.125. The summed E-state index contributed by atoms with van der Waals surface area (Å²) >= 11 is 0. The monoisotopic (exact) mass is 233 g/mol. The molecule has 0 aliphatic carbocycles. The number of rotatable bonds is 4. The SMILES string of the molecule is CC.COC(=O)NC(C(C)=O)C(C)(C)OC. The molecule has 1 atom stereocenters. The van der Waals surface area contributed by atoms with Gasteiger partial charge in [0.25, 0.3) is 0 Å². The highest BCUT2D eigenvalue weighted by atomic mass is 16.5. The Balaban J connectivity index is 0. The Bertz CT molecular complexity index is 226. The molecular weight excluding hydrogens is 210 g/mol. The standard InChI is InChI=1S/C9H17NO4.C2H6/c1-6(11)7(9(2,3)14-5)10-8(12)13-4;1-2/h7H,1-5H3,(H,10,12);1-2H3. The molecule has 0 aromatic carbocycles. The van der Waals surface area contributed by atoms with Gasteiger partial charge < -0.3 is 14.8 Å². The van der Waals surface area contributed by atoms with Gasteiger partial charge in [-0.2, -0.15) is 0 Å². The summed E-state index contributed by atoms with van der Waals surface area (Å²) in [7, 11) is 2.72. The predicted octanol–water partition coefficient (Wildman–Crippen LogP) is 1.75. The van der Waals surface area contributed by atoms with Crippen molar-refractivity contribution in [3.63, 3.8) is 0 Å². The van der Waals surface area contributed by atoms with Crippen LogP contribution in [0.15, 0.2) is 0 Å². The van der Waals surface area contributed by atoms with E-state index in [0.29, 0.717) is 0 Å². The van der Waals surface area contributed by atoms with Gasteiger partial charge in [0.1, 0.15) is 6.04 Å². The van der Waals surface area contributed by atoms with E-state index in [1.807, 2.05) is 13.8 Å². The molecule has 0 aliphatic heterocycles. The maximum atomic E-state index is 11.3. The Morgan fingerprint density at radius 1 is 1.19 bits per heavy atom. The van der Waals surface area contributed by atoms with Crippen LogP contribution >= 0.6 is 0 Å². The van der Waals surface area contributed by atoms with Gasteiger partial charge in [0.05, 0.1) is 12.7 Å². The Hall–Kier alpha value is -1.10. The van der Waals surface area contributed by atoms with Crippen LogP contribution in [0.4, 0.5) is 4.79 Å². The summed E-state index contributed by atoms with van der Waals surface area (Å²) in [5.41, 5.74) is -0.750. The second-order valence-electron chi connectivity index (χ2n) is 3.49. The number of methoxy groups -OCH3 is 2. The van der Waals surface area contributed by atoms with Crippen LogP contribution in [0.5, 0.6) is 0 Å². The molecule has 0 saturated carbocycles. The molecule has 0 fully saturated rings. The van der Waals surface area contributed by atoms with Gasteiger partial charge in [-0.05, 0) is 20.8 Å². The highest BCUT2D eigenvalue weighted by molar-refractivity contribution is 5.86. The molecule has 0 aliphatic rings. The minimum Gasteiger partial charge on any atom is -0.453 e. The maximum absolute atomic E-state index is 11.3. The largest absolute Gasteiger partial charge is 0.453 e. The Labute approximate surface area is 97.5 Å². The van der Waals surface area contributed by atoms with Crippen molar-refractivity contribution in [2.75, 3.05) is 14.2 Å². The zero-order valence-electron chi connectivity index (χ0n) is 11.2. The summed E-state index contributed by atoms with van der Waals surface area (Å²) in [6, 6.07) is -0.708. The topological polar surface area (TPSA) is 64.6 Å². The van der Waals surface area contributed by atoms with Crippen molar-refractivity contribution in [3.8, 4) is 0 Å². The van der Waals surface area contributed by atoms with Crippen molar-refractivity contribution in [3.05, 3.63) is 0 Å². The number of nitrogens with one attached hydrogen (secondary N) is 1. The number of carbonyl (C=O) groups is 2. The van der Waals surface area contributed by atoms with Gasteiger partial charge in [0.15, 0.2) is 5.78 Å². The normalized spacial score (nSPS) is 11.9. The summed E-state index contributed by atoms with van der Waals surface area (Å²) in [6.07, 6.45) is -0.643. The molecule has 1 amide bonds. The number of Topliss-reactive ketones (excluding diaryl/α,β-unsaturated/α-hetero) is 1. The quantitative estimate of drug-likeness (QED) is 0.803. The third-order valence-corrected chi connectivity index (χ3v) is 2.08. The molecule has 96 valence electrons. The van der Waals surface area contributed by atoms with Crippen LogP contribution in [0.25, 0.3) is 0 Å². The van der Waals surface area contributed by atoms with E-state index in [0.717, 1.165) is 0 Å². The average molecular weight is 233 g/mol. The third kappa shape index (κ3) is 5.70. The van der Waals surface area contributed by atoms with Crippen molar-refractivity contribution in [1.29, 1.82) is 0 Å². The molecule has 0 heterocycles. The molecule has 1 unspecified atom stereocenters. The first kappa shape index (κ1) is 17.3.